The third-order valence-corrected chi connectivity index (χ3v) is 3.63. The van der Waals surface area contributed by atoms with Crippen molar-refractivity contribution in [2.24, 2.45) is 0 Å². The van der Waals surface area contributed by atoms with Crippen molar-refractivity contribution in [1.29, 1.82) is 5.26 Å². The summed E-state index contributed by atoms with van der Waals surface area (Å²) in [5, 5.41) is 9.10. The molecule has 23 heavy (non-hydrogen) atoms. The van der Waals surface area contributed by atoms with Crippen LogP contribution in [0.3, 0.4) is 0 Å². The van der Waals surface area contributed by atoms with E-state index < -0.39 is 6.09 Å². The SMILES string of the molecule is Cc1cc(C#N)cc(N(C(=O)OCc2ccccc2)C2CC2)n1. The Morgan fingerprint density at radius 2 is 2.09 bits per heavy atom. The van der Waals surface area contributed by atoms with Gasteiger partial charge in [-0.05, 0) is 37.5 Å². The Hall–Kier alpha value is -2.87. The number of rotatable bonds is 4. The van der Waals surface area contributed by atoms with Crippen molar-refractivity contribution in [1.82, 2.24) is 4.98 Å². The van der Waals surface area contributed by atoms with Crippen molar-refractivity contribution in [3.05, 3.63) is 59.3 Å². The fourth-order valence-electron chi connectivity index (χ4n) is 2.39. The average molecular weight is 307 g/mol. The van der Waals surface area contributed by atoms with Gasteiger partial charge in [0.05, 0.1) is 11.6 Å². The number of carbonyl (C=O) groups excluding carboxylic acids is 1. The first-order valence-corrected chi connectivity index (χ1v) is 7.56. The second-order valence-corrected chi connectivity index (χ2v) is 5.61. The molecule has 1 aromatic heterocycles. The minimum Gasteiger partial charge on any atom is -0.444 e. The summed E-state index contributed by atoms with van der Waals surface area (Å²) >= 11 is 0. The van der Waals surface area contributed by atoms with Crippen LogP contribution in [0.1, 0.15) is 29.7 Å². The molecule has 1 fully saturated rings. The number of aryl methyl sites for hydroxylation is 1. The molecule has 0 N–H and O–H groups in total. The molecule has 116 valence electrons. The lowest BCUT2D eigenvalue weighted by atomic mass is 10.2. The fraction of sp³-hybridized carbons (Fsp3) is 0.278. The number of pyridine rings is 1. The number of hydrogen-bond donors (Lipinski definition) is 0. The molecule has 1 aliphatic rings. The van der Waals surface area contributed by atoms with E-state index in [4.69, 9.17) is 10.00 Å². The molecule has 5 heteroatoms. The van der Waals surface area contributed by atoms with Crippen LogP contribution in [0.25, 0.3) is 0 Å². The number of amides is 1. The maximum Gasteiger partial charge on any atom is 0.416 e. The van der Waals surface area contributed by atoms with Gasteiger partial charge in [0.25, 0.3) is 0 Å². The van der Waals surface area contributed by atoms with Gasteiger partial charge in [-0.15, -0.1) is 0 Å². The first kappa shape index (κ1) is 15.0. The van der Waals surface area contributed by atoms with Crippen LogP contribution in [0.5, 0.6) is 0 Å². The Bertz CT molecular complexity index is 749. The minimum absolute atomic E-state index is 0.110. The molecule has 1 aromatic carbocycles. The van der Waals surface area contributed by atoms with Crippen molar-refractivity contribution in [2.75, 3.05) is 4.90 Å². The highest BCUT2D eigenvalue weighted by atomic mass is 16.6. The van der Waals surface area contributed by atoms with E-state index in [2.05, 4.69) is 11.1 Å². The summed E-state index contributed by atoms with van der Waals surface area (Å²) in [4.78, 5) is 18.4. The Kier molecular flexibility index (Phi) is 4.24. The molecule has 1 saturated carbocycles. The van der Waals surface area contributed by atoms with E-state index in [0.717, 1.165) is 18.4 Å². The van der Waals surface area contributed by atoms with Gasteiger partial charge in [0, 0.05) is 11.7 Å². The highest BCUT2D eigenvalue weighted by Crippen LogP contribution is 2.32. The van der Waals surface area contributed by atoms with Crippen LogP contribution in [0.4, 0.5) is 10.6 Å². The fourth-order valence-corrected chi connectivity index (χ4v) is 2.39. The third kappa shape index (κ3) is 3.67. The summed E-state index contributed by atoms with van der Waals surface area (Å²) in [6.45, 7) is 2.03. The zero-order chi connectivity index (χ0) is 16.2. The molecule has 0 spiro atoms. The van der Waals surface area contributed by atoms with Crippen LogP contribution < -0.4 is 4.90 Å². The predicted octanol–water partition coefficient (Wildman–Crippen LogP) is 3.57. The molecule has 0 atom stereocenters. The molecule has 0 radical (unpaired) electrons. The Morgan fingerprint density at radius 3 is 2.74 bits per heavy atom. The Morgan fingerprint density at radius 1 is 1.35 bits per heavy atom. The lowest BCUT2D eigenvalue weighted by Gasteiger charge is -2.21. The largest absolute Gasteiger partial charge is 0.444 e. The van der Waals surface area contributed by atoms with Gasteiger partial charge in [-0.1, -0.05) is 30.3 Å². The van der Waals surface area contributed by atoms with Gasteiger partial charge in [-0.25, -0.2) is 9.78 Å². The number of hydrogen-bond acceptors (Lipinski definition) is 4. The zero-order valence-corrected chi connectivity index (χ0v) is 12.9. The summed E-state index contributed by atoms with van der Waals surface area (Å²) < 4.78 is 5.42. The van der Waals surface area contributed by atoms with Crippen molar-refractivity contribution in [2.45, 2.75) is 32.4 Å². The highest BCUT2D eigenvalue weighted by molar-refractivity contribution is 5.88. The lowest BCUT2D eigenvalue weighted by Crippen LogP contribution is -2.34. The van der Waals surface area contributed by atoms with E-state index in [1.54, 1.807) is 17.0 Å². The zero-order valence-electron chi connectivity index (χ0n) is 12.9. The summed E-state index contributed by atoms with van der Waals surface area (Å²) in [6.07, 6.45) is 1.44. The summed E-state index contributed by atoms with van der Waals surface area (Å²) in [5.41, 5.74) is 2.14. The smallest absolute Gasteiger partial charge is 0.416 e. The van der Waals surface area contributed by atoms with Crippen LogP contribution in [0.15, 0.2) is 42.5 Å². The van der Waals surface area contributed by atoms with Gasteiger partial charge >= 0.3 is 6.09 Å². The van der Waals surface area contributed by atoms with Crippen LogP contribution >= 0.6 is 0 Å². The maximum atomic E-state index is 12.5. The second-order valence-electron chi connectivity index (χ2n) is 5.61. The lowest BCUT2D eigenvalue weighted by molar-refractivity contribution is 0.146. The van der Waals surface area contributed by atoms with Gasteiger partial charge in [-0.3, -0.25) is 4.90 Å². The maximum absolute atomic E-state index is 12.5. The van der Waals surface area contributed by atoms with Crippen LogP contribution in [-0.4, -0.2) is 17.1 Å². The molecule has 0 aliphatic heterocycles. The number of ether oxygens (including phenoxy) is 1. The molecule has 0 bridgehead atoms. The Labute approximate surface area is 135 Å². The average Bonchev–Trinajstić information content (AvgIpc) is 3.38. The van der Waals surface area contributed by atoms with Gasteiger partial charge in [0.2, 0.25) is 0 Å². The number of carbonyl (C=O) groups is 1. The van der Waals surface area contributed by atoms with E-state index in [1.165, 1.54) is 0 Å². The summed E-state index contributed by atoms with van der Waals surface area (Å²) in [5.74, 6) is 0.488. The van der Waals surface area contributed by atoms with E-state index in [-0.39, 0.29) is 12.6 Å². The number of nitrogens with zero attached hydrogens (tertiary/aromatic N) is 3. The number of aromatic nitrogens is 1. The normalized spacial score (nSPS) is 13.2. The minimum atomic E-state index is -0.418. The van der Waals surface area contributed by atoms with Crippen molar-refractivity contribution < 1.29 is 9.53 Å². The topological polar surface area (TPSA) is 66.2 Å². The predicted molar refractivity (Wildman–Crippen MR) is 85.8 cm³/mol. The number of nitriles is 1. The van der Waals surface area contributed by atoms with E-state index in [0.29, 0.717) is 17.1 Å². The molecule has 1 amide bonds. The number of anilines is 1. The molecule has 1 aliphatic carbocycles. The van der Waals surface area contributed by atoms with E-state index >= 15 is 0 Å². The summed E-state index contributed by atoms with van der Waals surface area (Å²) in [7, 11) is 0. The first-order valence-electron chi connectivity index (χ1n) is 7.56. The standard InChI is InChI=1S/C18H17N3O2/c1-13-9-15(11-19)10-17(20-13)21(16-7-8-16)18(22)23-12-14-5-3-2-4-6-14/h2-6,9-10,16H,7-8,12H2,1H3. The van der Waals surface area contributed by atoms with Gasteiger partial charge in [-0.2, -0.15) is 5.26 Å². The van der Waals surface area contributed by atoms with Crippen LogP contribution in [0, 0.1) is 18.3 Å². The van der Waals surface area contributed by atoms with Crippen LogP contribution in [0.2, 0.25) is 0 Å². The van der Waals surface area contributed by atoms with Crippen molar-refractivity contribution in [3.8, 4) is 6.07 Å². The molecule has 0 unspecified atom stereocenters. The number of benzene rings is 1. The van der Waals surface area contributed by atoms with E-state index in [9.17, 15) is 4.79 Å². The monoisotopic (exact) mass is 307 g/mol. The van der Waals surface area contributed by atoms with Gasteiger partial charge in [0.1, 0.15) is 12.4 Å². The summed E-state index contributed by atoms with van der Waals surface area (Å²) in [6, 6.07) is 15.1. The molecule has 1 heterocycles. The second kappa shape index (κ2) is 6.49. The molecule has 5 nitrogen and oxygen atoms in total. The van der Waals surface area contributed by atoms with Crippen molar-refractivity contribution in [3.63, 3.8) is 0 Å². The molecule has 0 saturated heterocycles. The van der Waals surface area contributed by atoms with E-state index in [1.807, 2.05) is 37.3 Å². The molecular weight excluding hydrogens is 290 g/mol. The van der Waals surface area contributed by atoms with Gasteiger partial charge in [0.15, 0.2) is 0 Å². The van der Waals surface area contributed by atoms with Crippen LogP contribution in [-0.2, 0) is 11.3 Å². The first-order chi connectivity index (χ1) is 11.2. The molecule has 2 aromatic rings. The molecule has 3 rings (SSSR count). The third-order valence-electron chi connectivity index (χ3n) is 3.63. The molecular formula is C18H17N3O2. The van der Waals surface area contributed by atoms with Gasteiger partial charge < -0.3 is 4.74 Å². The quantitative estimate of drug-likeness (QED) is 0.866. The Balaban J connectivity index is 1.78. The van der Waals surface area contributed by atoms with Crippen molar-refractivity contribution >= 4 is 11.9 Å². The highest BCUT2D eigenvalue weighted by Gasteiger charge is 2.36.